The molecule has 2 saturated heterocycles. The SMILES string of the molecule is Cc1ccc(S(=O)(=O)N[C@H](Cc2ccccc2)C(=O)NCc2ccc([C@@H]3O[C@H](CN4CCCCCCC4)[C@H](C)[C@H](c4ccc(CO)cc4)O3)cc2)cc1. The number of nitrogens with zero attached hydrogens (tertiary/aromatic N) is 1. The van der Waals surface area contributed by atoms with Crippen molar-refractivity contribution in [1.82, 2.24) is 14.9 Å². The summed E-state index contributed by atoms with van der Waals surface area (Å²) in [6.45, 7) is 7.30. The number of hydrogen-bond acceptors (Lipinski definition) is 7. The van der Waals surface area contributed by atoms with Gasteiger partial charge >= 0.3 is 0 Å². The van der Waals surface area contributed by atoms with E-state index in [4.69, 9.17) is 9.47 Å². The molecule has 2 fully saturated rings. The molecule has 4 aromatic carbocycles. The van der Waals surface area contributed by atoms with Crippen LogP contribution in [0.1, 0.15) is 84.8 Å². The lowest BCUT2D eigenvalue weighted by Crippen LogP contribution is -2.47. The number of rotatable bonds is 13. The van der Waals surface area contributed by atoms with Crippen LogP contribution < -0.4 is 10.0 Å². The van der Waals surface area contributed by atoms with Gasteiger partial charge in [0.1, 0.15) is 6.04 Å². The Morgan fingerprint density at radius 1 is 0.792 bits per heavy atom. The second-order valence-corrected chi connectivity index (χ2v) is 16.2. The maximum Gasteiger partial charge on any atom is 0.241 e. The number of carbonyl (C=O) groups excluding carboxylic acids is 1. The van der Waals surface area contributed by atoms with E-state index in [0.717, 1.165) is 53.0 Å². The first-order valence-corrected chi connectivity index (χ1v) is 20.4. The summed E-state index contributed by atoms with van der Waals surface area (Å²) in [4.78, 5) is 16.2. The number of benzene rings is 4. The molecule has 2 heterocycles. The number of ether oxygens (including phenoxy) is 2. The van der Waals surface area contributed by atoms with E-state index in [1.165, 1.54) is 32.1 Å². The molecule has 1 amide bonds. The third-order valence-corrected chi connectivity index (χ3v) is 11.9. The summed E-state index contributed by atoms with van der Waals surface area (Å²) in [7, 11) is -3.95. The van der Waals surface area contributed by atoms with Crippen molar-refractivity contribution in [1.29, 1.82) is 0 Å². The summed E-state index contributed by atoms with van der Waals surface area (Å²) in [6, 6.07) is 30.8. The molecular formula is C43H53N3O6S. The molecule has 2 aliphatic rings. The van der Waals surface area contributed by atoms with Crippen LogP contribution in [0.2, 0.25) is 0 Å². The Morgan fingerprint density at radius 3 is 2.08 bits per heavy atom. The van der Waals surface area contributed by atoms with Gasteiger partial charge < -0.3 is 24.8 Å². The van der Waals surface area contributed by atoms with Gasteiger partial charge in [0.15, 0.2) is 6.29 Å². The quantitative estimate of drug-likeness (QED) is 0.139. The van der Waals surface area contributed by atoms with Crippen molar-refractivity contribution in [3.05, 3.63) is 137 Å². The van der Waals surface area contributed by atoms with Crippen molar-refractivity contribution in [2.24, 2.45) is 5.92 Å². The van der Waals surface area contributed by atoms with Gasteiger partial charge in [-0.05, 0) is 73.7 Å². The smallest absolute Gasteiger partial charge is 0.241 e. The molecule has 0 aliphatic carbocycles. The summed E-state index contributed by atoms with van der Waals surface area (Å²) in [6.07, 6.45) is 5.65. The first-order chi connectivity index (χ1) is 25.7. The van der Waals surface area contributed by atoms with Gasteiger partial charge in [0.2, 0.25) is 15.9 Å². The lowest BCUT2D eigenvalue weighted by atomic mass is 9.89. The zero-order valence-corrected chi connectivity index (χ0v) is 31.6. The second kappa shape index (κ2) is 18.4. The summed E-state index contributed by atoms with van der Waals surface area (Å²) in [5.74, 6) is -0.304. The number of nitrogens with one attached hydrogen (secondary N) is 2. The van der Waals surface area contributed by atoms with Crippen LogP contribution in [0.4, 0.5) is 0 Å². The van der Waals surface area contributed by atoms with Crippen LogP contribution >= 0.6 is 0 Å². The van der Waals surface area contributed by atoms with Gasteiger partial charge in [-0.25, -0.2) is 8.42 Å². The van der Waals surface area contributed by atoms with E-state index >= 15 is 0 Å². The Kier molecular flexibility index (Phi) is 13.5. The van der Waals surface area contributed by atoms with E-state index in [1.54, 1.807) is 24.3 Å². The molecule has 5 atom stereocenters. The van der Waals surface area contributed by atoms with Gasteiger partial charge in [0.05, 0.1) is 23.7 Å². The van der Waals surface area contributed by atoms with Gasteiger partial charge in [0, 0.05) is 24.6 Å². The number of sulfonamides is 1. The van der Waals surface area contributed by atoms with Crippen LogP contribution in [0, 0.1) is 12.8 Å². The number of aliphatic hydroxyl groups excluding tert-OH is 1. The molecule has 6 rings (SSSR count). The van der Waals surface area contributed by atoms with Crippen molar-refractivity contribution in [3.63, 3.8) is 0 Å². The molecule has 9 nitrogen and oxygen atoms in total. The highest BCUT2D eigenvalue weighted by Crippen LogP contribution is 2.42. The van der Waals surface area contributed by atoms with Crippen molar-refractivity contribution in [2.75, 3.05) is 19.6 Å². The number of likely N-dealkylation sites (tertiary alicyclic amines) is 1. The lowest BCUT2D eigenvalue weighted by Gasteiger charge is -2.43. The summed E-state index contributed by atoms with van der Waals surface area (Å²) < 4.78 is 42.7. The van der Waals surface area contributed by atoms with E-state index in [1.807, 2.05) is 85.8 Å². The standard InChI is InChI=1S/C43H53N3O6S/c1-31-13-23-38(24-14-31)53(49,50)45-39(27-33-11-7-6-8-12-33)42(48)44-28-34-15-21-37(22-16-34)43-51-40(29-46-25-9-4-3-5-10-26-46)32(2)41(52-43)36-19-17-35(30-47)18-20-36/h6-8,11-24,32,39-41,43,45,47H,3-5,9-10,25-30H2,1-2H3,(H,44,48)/t32-,39+,40+,41+,43+/m0/s1. The van der Waals surface area contributed by atoms with Gasteiger partial charge in [-0.15, -0.1) is 0 Å². The van der Waals surface area contributed by atoms with Crippen molar-refractivity contribution in [3.8, 4) is 0 Å². The highest BCUT2D eigenvalue weighted by Gasteiger charge is 2.39. The van der Waals surface area contributed by atoms with Crippen LogP contribution in [0.15, 0.2) is 108 Å². The number of aliphatic hydroxyl groups is 1. The topological polar surface area (TPSA) is 117 Å². The monoisotopic (exact) mass is 739 g/mol. The average Bonchev–Trinajstić information content (AvgIpc) is 3.16. The molecule has 2 aliphatic heterocycles. The van der Waals surface area contributed by atoms with Gasteiger partial charge in [-0.3, -0.25) is 4.79 Å². The first kappa shape index (κ1) is 38.8. The summed E-state index contributed by atoms with van der Waals surface area (Å²) in [5, 5.41) is 12.6. The third kappa shape index (κ3) is 10.6. The molecule has 4 aromatic rings. The molecule has 0 spiro atoms. The van der Waals surface area contributed by atoms with Crippen molar-refractivity contribution < 1.29 is 27.8 Å². The van der Waals surface area contributed by atoms with E-state index < -0.39 is 28.3 Å². The molecule has 0 aromatic heterocycles. The zero-order valence-electron chi connectivity index (χ0n) is 30.8. The molecule has 0 bridgehead atoms. The second-order valence-electron chi connectivity index (χ2n) is 14.5. The maximum atomic E-state index is 13.6. The van der Waals surface area contributed by atoms with Crippen LogP contribution in [0.5, 0.6) is 0 Å². The Hall–Kier alpha value is -3.90. The van der Waals surface area contributed by atoms with Crippen molar-refractivity contribution in [2.45, 2.75) is 95.0 Å². The average molecular weight is 740 g/mol. The molecule has 0 unspecified atom stereocenters. The van der Waals surface area contributed by atoms with Crippen LogP contribution in [0.25, 0.3) is 0 Å². The maximum absolute atomic E-state index is 13.6. The fourth-order valence-corrected chi connectivity index (χ4v) is 8.39. The van der Waals surface area contributed by atoms with Crippen molar-refractivity contribution >= 4 is 15.9 Å². The number of hydrogen-bond donors (Lipinski definition) is 3. The first-order valence-electron chi connectivity index (χ1n) is 18.9. The van der Waals surface area contributed by atoms with Crippen LogP contribution in [-0.4, -0.2) is 56.1 Å². The Bertz CT molecular complexity index is 1850. The Morgan fingerprint density at radius 2 is 1.42 bits per heavy atom. The van der Waals surface area contributed by atoms with Crippen LogP contribution in [-0.2, 0) is 43.9 Å². The Labute approximate surface area is 314 Å². The molecule has 282 valence electrons. The number of carbonyl (C=O) groups is 1. The van der Waals surface area contributed by atoms with E-state index in [0.29, 0.717) is 0 Å². The molecule has 3 N–H and O–H groups in total. The largest absolute Gasteiger partial charge is 0.392 e. The fraction of sp³-hybridized carbons (Fsp3) is 0.419. The van der Waals surface area contributed by atoms with E-state index in [-0.39, 0.29) is 42.6 Å². The number of amides is 1. The van der Waals surface area contributed by atoms with Gasteiger partial charge in [-0.2, -0.15) is 4.72 Å². The predicted octanol–water partition coefficient (Wildman–Crippen LogP) is 6.75. The molecule has 10 heteroatoms. The molecule has 0 saturated carbocycles. The summed E-state index contributed by atoms with van der Waals surface area (Å²) >= 11 is 0. The third-order valence-electron chi connectivity index (χ3n) is 10.5. The van der Waals surface area contributed by atoms with Crippen LogP contribution in [0.3, 0.4) is 0 Å². The minimum atomic E-state index is -3.95. The van der Waals surface area contributed by atoms with E-state index in [9.17, 15) is 18.3 Å². The predicted molar refractivity (Wildman–Crippen MR) is 206 cm³/mol. The highest BCUT2D eigenvalue weighted by atomic mass is 32.2. The molecule has 0 radical (unpaired) electrons. The lowest BCUT2D eigenvalue weighted by molar-refractivity contribution is -0.276. The highest BCUT2D eigenvalue weighted by molar-refractivity contribution is 7.89. The zero-order chi connectivity index (χ0) is 37.2. The normalized spacial score (nSPS) is 22.0. The van der Waals surface area contributed by atoms with E-state index in [2.05, 4.69) is 21.9 Å². The molecular weight excluding hydrogens is 687 g/mol. The minimum absolute atomic E-state index is 0.00575. The molecule has 53 heavy (non-hydrogen) atoms. The fourth-order valence-electron chi connectivity index (χ4n) is 7.19. The number of aryl methyl sites for hydroxylation is 1. The van der Waals surface area contributed by atoms with Gasteiger partial charge in [-0.1, -0.05) is 123 Å². The summed E-state index contributed by atoms with van der Waals surface area (Å²) in [5.41, 5.74) is 5.45. The Balaban J connectivity index is 1.15. The minimum Gasteiger partial charge on any atom is -0.392 e. The van der Waals surface area contributed by atoms with Gasteiger partial charge in [0.25, 0.3) is 0 Å².